The van der Waals surface area contributed by atoms with Crippen molar-refractivity contribution in [3.63, 3.8) is 0 Å². The Bertz CT molecular complexity index is 499. The highest BCUT2D eigenvalue weighted by Crippen LogP contribution is 2.19. The van der Waals surface area contributed by atoms with Crippen molar-refractivity contribution >= 4 is 17.5 Å². The van der Waals surface area contributed by atoms with E-state index in [2.05, 4.69) is 5.32 Å². The Morgan fingerprint density at radius 3 is 2.67 bits per heavy atom. The average Bonchev–Trinajstić information content (AvgIpc) is 2.28. The summed E-state index contributed by atoms with van der Waals surface area (Å²) in [4.78, 5) is 32.4. The lowest BCUT2D eigenvalue weighted by Crippen LogP contribution is -2.28. The molecule has 0 heterocycles. The van der Waals surface area contributed by atoms with Crippen LogP contribution in [0, 0.1) is 17.0 Å². The predicted molar refractivity (Wildman–Crippen MR) is 64.0 cm³/mol. The van der Waals surface area contributed by atoms with Gasteiger partial charge in [0.2, 0.25) is 5.91 Å². The molecule has 18 heavy (non-hydrogen) atoms. The molecule has 3 N–H and O–H groups in total. The number of benzene rings is 1. The summed E-state index contributed by atoms with van der Waals surface area (Å²) in [7, 11) is 0. The first-order valence-corrected chi connectivity index (χ1v) is 5.23. The van der Waals surface area contributed by atoms with Gasteiger partial charge in [0.05, 0.1) is 4.92 Å². The Labute approximate surface area is 103 Å². The zero-order valence-corrected chi connectivity index (χ0v) is 9.80. The fourth-order valence-corrected chi connectivity index (χ4v) is 1.38. The van der Waals surface area contributed by atoms with Gasteiger partial charge in [0, 0.05) is 19.0 Å². The molecule has 0 bridgehead atoms. The van der Waals surface area contributed by atoms with Gasteiger partial charge in [0.15, 0.2) is 0 Å². The number of nitrogens with zero attached hydrogens (tertiary/aromatic N) is 1. The average molecular weight is 251 g/mol. The van der Waals surface area contributed by atoms with Gasteiger partial charge < -0.3 is 11.1 Å². The minimum Gasteiger partial charge on any atom is -0.370 e. The van der Waals surface area contributed by atoms with Crippen molar-refractivity contribution in [2.75, 3.05) is 6.54 Å². The van der Waals surface area contributed by atoms with E-state index in [0.717, 1.165) is 0 Å². The van der Waals surface area contributed by atoms with Gasteiger partial charge in [-0.05, 0) is 18.6 Å². The van der Waals surface area contributed by atoms with Gasteiger partial charge in [0.1, 0.15) is 5.56 Å². The normalized spacial score (nSPS) is 9.83. The number of nitrogens with two attached hydrogens (primary N) is 1. The minimum absolute atomic E-state index is 0.00853. The zero-order valence-electron chi connectivity index (χ0n) is 9.80. The fraction of sp³-hybridized carbons (Fsp3) is 0.273. The van der Waals surface area contributed by atoms with Crippen LogP contribution in [0.5, 0.6) is 0 Å². The summed E-state index contributed by atoms with van der Waals surface area (Å²) in [5.41, 5.74) is 5.32. The molecule has 1 aromatic carbocycles. The topological polar surface area (TPSA) is 115 Å². The highest BCUT2D eigenvalue weighted by atomic mass is 16.6. The van der Waals surface area contributed by atoms with E-state index in [0.29, 0.717) is 5.56 Å². The van der Waals surface area contributed by atoms with E-state index in [9.17, 15) is 19.7 Å². The Morgan fingerprint density at radius 1 is 1.44 bits per heavy atom. The molecular weight excluding hydrogens is 238 g/mol. The molecule has 0 aliphatic rings. The number of nitro benzene ring substituents is 1. The first-order valence-electron chi connectivity index (χ1n) is 5.23. The highest BCUT2D eigenvalue weighted by molar-refractivity contribution is 5.98. The first-order chi connectivity index (χ1) is 8.41. The first kappa shape index (κ1) is 13.6. The van der Waals surface area contributed by atoms with Crippen LogP contribution in [-0.2, 0) is 4.79 Å². The van der Waals surface area contributed by atoms with Crippen LogP contribution in [0.2, 0.25) is 0 Å². The molecule has 0 spiro atoms. The van der Waals surface area contributed by atoms with Crippen molar-refractivity contribution in [2.45, 2.75) is 13.3 Å². The van der Waals surface area contributed by atoms with E-state index in [1.807, 2.05) is 0 Å². The number of hydrogen-bond donors (Lipinski definition) is 2. The van der Waals surface area contributed by atoms with Crippen LogP contribution in [-0.4, -0.2) is 23.3 Å². The number of amides is 2. The molecule has 0 atom stereocenters. The monoisotopic (exact) mass is 251 g/mol. The third kappa shape index (κ3) is 3.55. The van der Waals surface area contributed by atoms with Gasteiger partial charge in [0.25, 0.3) is 11.6 Å². The van der Waals surface area contributed by atoms with Gasteiger partial charge in [-0.15, -0.1) is 0 Å². The molecule has 96 valence electrons. The van der Waals surface area contributed by atoms with Crippen molar-refractivity contribution in [1.29, 1.82) is 0 Å². The van der Waals surface area contributed by atoms with E-state index in [1.54, 1.807) is 13.0 Å². The van der Waals surface area contributed by atoms with E-state index >= 15 is 0 Å². The summed E-state index contributed by atoms with van der Waals surface area (Å²) in [6.07, 6.45) is -0.00853. The number of rotatable bonds is 5. The molecule has 7 heteroatoms. The smallest absolute Gasteiger partial charge is 0.282 e. The van der Waals surface area contributed by atoms with Crippen LogP contribution in [0.4, 0.5) is 5.69 Å². The van der Waals surface area contributed by atoms with E-state index in [-0.39, 0.29) is 24.2 Å². The number of carbonyl (C=O) groups excluding carboxylic acids is 2. The Kier molecular flexibility index (Phi) is 4.36. The lowest BCUT2D eigenvalue weighted by molar-refractivity contribution is -0.385. The summed E-state index contributed by atoms with van der Waals surface area (Å²) in [5.74, 6) is -1.14. The number of aryl methyl sites for hydroxylation is 1. The number of carbonyl (C=O) groups is 2. The number of hydrogen-bond acceptors (Lipinski definition) is 4. The van der Waals surface area contributed by atoms with Crippen molar-refractivity contribution in [2.24, 2.45) is 5.73 Å². The van der Waals surface area contributed by atoms with Gasteiger partial charge in [-0.25, -0.2) is 0 Å². The third-order valence-electron chi connectivity index (χ3n) is 2.25. The molecule has 2 amide bonds. The van der Waals surface area contributed by atoms with E-state index in [4.69, 9.17) is 5.73 Å². The lowest BCUT2D eigenvalue weighted by atomic mass is 10.1. The maximum atomic E-state index is 11.7. The summed E-state index contributed by atoms with van der Waals surface area (Å²) < 4.78 is 0. The molecular formula is C11H13N3O4. The summed E-state index contributed by atoms with van der Waals surface area (Å²) in [6.45, 7) is 1.75. The SMILES string of the molecule is Cc1ccc(C(=O)NCCC(N)=O)c([N+](=O)[O-])c1. The lowest BCUT2D eigenvalue weighted by Gasteiger charge is -2.05. The van der Waals surface area contributed by atoms with Crippen LogP contribution in [0.25, 0.3) is 0 Å². The predicted octanol–water partition coefficient (Wildman–Crippen LogP) is 0.508. The van der Waals surface area contributed by atoms with Crippen LogP contribution in [0.15, 0.2) is 18.2 Å². The van der Waals surface area contributed by atoms with E-state index < -0.39 is 16.7 Å². The van der Waals surface area contributed by atoms with Crippen molar-refractivity contribution < 1.29 is 14.5 Å². The van der Waals surface area contributed by atoms with Gasteiger partial charge in [-0.3, -0.25) is 19.7 Å². The molecule has 0 aliphatic carbocycles. The third-order valence-corrected chi connectivity index (χ3v) is 2.25. The maximum Gasteiger partial charge on any atom is 0.282 e. The Morgan fingerprint density at radius 2 is 2.11 bits per heavy atom. The molecule has 0 fully saturated rings. The van der Waals surface area contributed by atoms with Gasteiger partial charge in [-0.1, -0.05) is 6.07 Å². The molecule has 7 nitrogen and oxygen atoms in total. The van der Waals surface area contributed by atoms with Crippen molar-refractivity contribution in [3.05, 3.63) is 39.4 Å². The Balaban J connectivity index is 2.85. The van der Waals surface area contributed by atoms with Crippen LogP contribution in [0.3, 0.4) is 0 Å². The molecule has 0 unspecified atom stereocenters. The second kappa shape index (κ2) is 5.76. The summed E-state index contributed by atoms with van der Waals surface area (Å²) in [6, 6.07) is 4.31. The molecule has 1 rings (SSSR count). The van der Waals surface area contributed by atoms with Crippen molar-refractivity contribution in [3.8, 4) is 0 Å². The van der Waals surface area contributed by atoms with Crippen molar-refractivity contribution in [1.82, 2.24) is 5.32 Å². The largest absolute Gasteiger partial charge is 0.370 e. The summed E-state index contributed by atoms with van der Waals surface area (Å²) in [5, 5.41) is 13.2. The molecule has 0 aromatic heterocycles. The standard InChI is InChI=1S/C11H13N3O4/c1-7-2-3-8(9(6-7)14(17)18)11(16)13-5-4-10(12)15/h2-3,6H,4-5H2,1H3,(H2,12,15)(H,13,16). The number of nitro groups is 1. The van der Waals surface area contributed by atoms with E-state index in [1.165, 1.54) is 12.1 Å². The van der Waals surface area contributed by atoms with Crippen LogP contribution < -0.4 is 11.1 Å². The zero-order chi connectivity index (χ0) is 13.7. The molecule has 1 aromatic rings. The highest BCUT2D eigenvalue weighted by Gasteiger charge is 2.19. The molecule has 0 saturated carbocycles. The number of primary amides is 1. The minimum atomic E-state index is -0.615. The fourth-order valence-electron chi connectivity index (χ4n) is 1.38. The Hall–Kier alpha value is -2.44. The van der Waals surface area contributed by atoms with Gasteiger partial charge in [-0.2, -0.15) is 0 Å². The van der Waals surface area contributed by atoms with Gasteiger partial charge >= 0.3 is 0 Å². The maximum absolute atomic E-state index is 11.7. The summed E-state index contributed by atoms with van der Waals surface area (Å²) >= 11 is 0. The molecule has 0 saturated heterocycles. The quantitative estimate of drug-likeness (QED) is 0.585. The van der Waals surface area contributed by atoms with Crippen LogP contribution in [0.1, 0.15) is 22.3 Å². The second-order valence-electron chi connectivity index (χ2n) is 3.75. The molecule has 0 aliphatic heterocycles. The number of nitrogens with one attached hydrogen (secondary N) is 1. The second-order valence-corrected chi connectivity index (χ2v) is 3.75. The molecule has 0 radical (unpaired) electrons. The van der Waals surface area contributed by atoms with Crippen LogP contribution >= 0.6 is 0 Å².